The second-order valence-electron chi connectivity index (χ2n) is 11.1. The number of hydrogen-bond acceptors (Lipinski definition) is 7. The summed E-state index contributed by atoms with van der Waals surface area (Å²) in [4.78, 5) is 35.6. The van der Waals surface area contributed by atoms with Gasteiger partial charge in [-0.1, -0.05) is 25.7 Å². The molecule has 8 heteroatoms. The van der Waals surface area contributed by atoms with Gasteiger partial charge in [-0.25, -0.2) is 9.50 Å². The Morgan fingerprint density at radius 3 is 2.60 bits per heavy atom. The van der Waals surface area contributed by atoms with Crippen LogP contribution in [0.1, 0.15) is 87.8 Å². The number of aryl methyl sites for hydroxylation is 2. The van der Waals surface area contributed by atoms with Gasteiger partial charge in [-0.15, -0.1) is 5.10 Å². The molecule has 2 saturated heterocycles. The Hall–Kier alpha value is -2.35. The smallest absolute Gasteiger partial charge is 0.317 e. The first-order chi connectivity index (χ1) is 16.9. The van der Waals surface area contributed by atoms with Crippen molar-refractivity contribution in [3.05, 3.63) is 23.3 Å². The van der Waals surface area contributed by atoms with Crippen molar-refractivity contribution in [2.75, 3.05) is 13.1 Å². The molecule has 35 heavy (non-hydrogen) atoms. The number of aromatic nitrogens is 4. The highest BCUT2D eigenvalue weighted by Gasteiger charge is 2.51. The second-order valence-corrected chi connectivity index (χ2v) is 11.1. The van der Waals surface area contributed by atoms with Gasteiger partial charge in [0.15, 0.2) is 11.6 Å². The summed E-state index contributed by atoms with van der Waals surface area (Å²) in [6.07, 6.45) is 11.7. The molecule has 1 aliphatic carbocycles. The number of rotatable bonds is 8. The fourth-order valence-electron chi connectivity index (χ4n) is 6.58. The summed E-state index contributed by atoms with van der Waals surface area (Å²) in [5.41, 5.74) is 1.17. The van der Waals surface area contributed by atoms with Gasteiger partial charge in [-0.2, -0.15) is 4.98 Å². The second kappa shape index (κ2) is 10.3. The zero-order valence-corrected chi connectivity index (χ0v) is 21.2. The minimum Gasteiger partial charge on any atom is -0.458 e. The van der Waals surface area contributed by atoms with E-state index in [9.17, 15) is 9.59 Å². The third kappa shape index (κ3) is 5.27. The minimum absolute atomic E-state index is 0.00813. The van der Waals surface area contributed by atoms with Gasteiger partial charge in [0.05, 0.1) is 0 Å². The fourth-order valence-corrected chi connectivity index (χ4v) is 6.58. The molecule has 3 aliphatic rings. The molecule has 1 saturated carbocycles. The molecule has 0 radical (unpaired) electrons. The van der Waals surface area contributed by atoms with Gasteiger partial charge >= 0.3 is 5.97 Å². The van der Waals surface area contributed by atoms with E-state index in [1.54, 1.807) is 4.52 Å². The van der Waals surface area contributed by atoms with Gasteiger partial charge in [-0.3, -0.25) is 9.59 Å². The number of fused-ring (bicyclic) bond motifs is 1. The number of hydrogen-bond donors (Lipinski definition) is 1. The van der Waals surface area contributed by atoms with Crippen LogP contribution in [-0.2, 0) is 20.7 Å². The Balaban J connectivity index is 1.26. The summed E-state index contributed by atoms with van der Waals surface area (Å²) in [5, 5.41) is 7.95. The van der Waals surface area contributed by atoms with Crippen LogP contribution in [0, 0.1) is 31.6 Å². The lowest BCUT2D eigenvalue weighted by Gasteiger charge is -2.43. The molecular formula is C27H39N5O3. The van der Waals surface area contributed by atoms with Crippen molar-refractivity contribution in [2.24, 2.45) is 17.8 Å². The van der Waals surface area contributed by atoms with Crippen LogP contribution in [0.2, 0.25) is 0 Å². The predicted octanol–water partition coefficient (Wildman–Crippen LogP) is 3.90. The van der Waals surface area contributed by atoms with Crippen LogP contribution in [-0.4, -0.2) is 50.0 Å². The molecule has 2 aromatic rings. The molecule has 2 atom stereocenters. The molecule has 190 valence electrons. The number of ether oxygens (including phenoxy) is 1. The lowest BCUT2D eigenvalue weighted by atomic mass is 9.73. The Labute approximate surface area is 207 Å². The van der Waals surface area contributed by atoms with E-state index in [1.165, 1.54) is 19.3 Å². The Morgan fingerprint density at radius 2 is 1.86 bits per heavy atom. The number of carbonyl (C=O) groups is 2. The van der Waals surface area contributed by atoms with Gasteiger partial charge in [0.1, 0.15) is 11.5 Å². The minimum atomic E-state index is -0.821. The van der Waals surface area contributed by atoms with Crippen LogP contribution in [0.5, 0.6) is 0 Å². The highest BCUT2D eigenvalue weighted by molar-refractivity contribution is 6.01. The Bertz CT molecular complexity index is 1050. The highest BCUT2D eigenvalue weighted by atomic mass is 16.6. The van der Waals surface area contributed by atoms with E-state index in [4.69, 9.17) is 4.74 Å². The molecule has 1 N–H and O–H groups in total. The van der Waals surface area contributed by atoms with Crippen molar-refractivity contribution in [1.29, 1.82) is 0 Å². The van der Waals surface area contributed by atoms with Crippen LogP contribution >= 0.6 is 0 Å². The quantitative estimate of drug-likeness (QED) is 0.347. The van der Waals surface area contributed by atoms with Gasteiger partial charge in [-0.05, 0) is 83.4 Å². The standard InChI is InChI=1S/C27H39N5O3/c1-18-15-19(2)32-26(29-18)30-24(31-32)16-22-23(33)17-27(35-25(22)34,21-8-3-4-9-21)12-6-5-7-20-10-13-28-14-11-20/h15,20-22,28H,3-14,16-17H2,1-2H3. The summed E-state index contributed by atoms with van der Waals surface area (Å²) < 4.78 is 7.95. The van der Waals surface area contributed by atoms with Crippen molar-refractivity contribution in [1.82, 2.24) is 24.9 Å². The maximum atomic E-state index is 13.4. The summed E-state index contributed by atoms with van der Waals surface area (Å²) in [6, 6.07) is 1.94. The van der Waals surface area contributed by atoms with Crippen LogP contribution < -0.4 is 5.32 Å². The molecule has 0 bridgehead atoms. The highest BCUT2D eigenvalue weighted by Crippen LogP contribution is 2.45. The van der Waals surface area contributed by atoms with Crippen LogP contribution in [0.15, 0.2) is 6.07 Å². The summed E-state index contributed by atoms with van der Waals surface area (Å²) in [6.45, 7) is 6.11. The summed E-state index contributed by atoms with van der Waals surface area (Å²) in [7, 11) is 0. The molecular weight excluding hydrogens is 442 g/mol. The van der Waals surface area contributed by atoms with Crippen LogP contribution in [0.4, 0.5) is 0 Å². The van der Waals surface area contributed by atoms with Crippen molar-refractivity contribution in [3.8, 4) is 0 Å². The van der Waals surface area contributed by atoms with E-state index in [0.717, 1.165) is 75.3 Å². The van der Waals surface area contributed by atoms with E-state index < -0.39 is 11.5 Å². The number of nitrogens with one attached hydrogen (secondary N) is 1. The molecule has 3 fully saturated rings. The summed E-state index contributed by atoms with van der Waals surface area (Å²) in [5.74, 6) is 0.868. The maximum Gasteiger partial charge on any atom is 0.317 e. The first-order valence-corrected chi connectivity index (χ1v) is 13.6. The Morgan fingerprint density at radius 1 is 1.09 bits per heavy atom. The topological polar surface area (TPSA) is 98.5 Å². The van der Waals surface area contributed by atoms with E-state index in [0.29, 0.717) is 23.9 Å². The molecule has 0 spiro atoms. The number of cyclic esters (lactones) is 1. The van der Waals surface area contributed by atoms with Crippen LogP contribution in [0.25, 0.3) is 5.78 Å². The van der Waals surface area contributed by atoms with Crippen LogP contribution in [0.3, 0.4) is 0 Å². The van der Waals surface area contributed by atoms with Crippen molar-refractivity contribution >= 4 is 17.5 Å². The van der Waals surface area contributed by atoms with E-state index in [2.05, 4.69) is 20.4 Å². The lowest BCUT2D eigenvalue weighted by Crippen LogP contribution is -2.52. The number of piperidine rings is 1. The average molecular weight is 482 g/mol. The van der Waals surface area contributed by atoms with Gasteiger partial charge in [0.25, 0.3) is 5.78 Å². The van der Waals surface area contributed by atoms with E-state index in [1.807, 2.05) is 19.9 Å². The van der Waals surface area contributed by atoms with Crippen molar-refractivity contribution in [2.45, 2.75) is 96.5 Å². The van der Waals surface area contributed by atoms with Crippen molar-refractivity contribution < 1.29 is 14.3 Å². The number of Topliss-reactive ketones (excluding diaryl/α,β-unsaturated/α-hetero) is 1. The first-order valence-electron chi connectivity index (χ1n) is 13.6. The largest absolute Gasteiger partial charge is 0.458 e. The Kier molecular flexibility index (Phi) is 7.19. The zero-order valence-electron chi connectivity index (χ0n) is 21.2. The molecule has 5 rings (SSSR count). The third-order valence-electron chi connectivity index (χ3n) is 8.52. The average Bonchev–Trinajstić information content (AvgIpc) is 3.51. The molecule has 2 unspecified atom stereocenters. The molecule has 0 amide bonds. The number of nitrogens with zero attached hydrogens (tertiary/aromatic N) is 4. The SMILES string of the molecule is Cc1cc(C)n2nc(CC3C(=O)CC(CCCCC4CCNCC4)(C4CCCC4)OC3=O)nc2n1. The molecule has 2 aliphatic heterocycles. The third-order valence-corrected chi connectivity index (χ3v) is 8.52. The number of esters is 1. The van der Waals surface area contributed by atoms with Gasteiger partial charge < -0.3 is 10.1 Å². The van der Waals surface area contributed by atoms with Gasteiger partial charge in [0.2, 0.25) is 0 Å². The van der Waals surface area contributed by atoms with Gasteiger partial charge in [0, 0.05) is 24.2 Å². The van der Waals surface area contributed by atoms with Crippen molar-refractivity contribution in [3.63, 3.8) is 0 Å². The predicted molar refractivity (Wildman–Crippen MR) is 132 cm³/mol. The number of ketones is 1. The number of unbranched alkanes of at least 4 members (excludes halogenated alkanes) is 1. The summed E-state index contributed by atoms with van der Waals surface area (Å²) >= 11 is 0. The molecule has 2 aromatic heterocycles. The normalized spacial score (nSPS) is 26.5. The lowest BCUT2D eigenvalue weighted by molar-refractivity contribution is -0.186. The molecule has 4 heterocycles. The molecule has 0 aromatic carbocycles. The first kappa shape index (κ1) is 24.3. The maximum absolute atomic E-state index is 13.4. The zero-order chi connectivity index (χ0) is 24.4. The monoisotopic (exact) mass is 481 g/mol. The molecule has 8 nitrogen and oxygen atoms in total. The fraction of sp³-hybridized carbons (Fsp3) is 0.741. The van der Waals surface area contributed by atoms with E-state index >= 15 is 0 Å². The number of carbonyl (C=O) groups excluding carboxylic acids is 2. The van der Waals surface area contributed by atoms with E-state index in [-0.39, 0.29) is 18.2 Å².